The topological polar surface area (TPSA) is 36.9 Å². The van der Waals surface area contributed by atoms with Gasteiger partial charge in [-0.25, -0.2) is 0 Å². The fraction of sp³-hybridized carbons (Fsp3) is 0.368. The second kappa shape index (κ2) is 8.05. The molecule has 0 atom stereocenters. The van der Waals surface area contributed by atoms with Crippen LogP contribution >= 0.6 is 46.4 Å². The van der Waals surface area contributed by atoms with Gasteiger partial charge in [0.1, 0.15) is 0 Å². The quantitative estimate of drug-likeness (QED) is 0.556. The number of rotatable bonds is 2. The Morgan fingerprint density at radius 1 is 0.630 bits per heavy atom. The minimum Gasteiger partial charge on any atom is -0.347 e. The Bertz CT molecular complexity index is 755. The maximum absolute atomic E-state index is 6.24. The van der Waals surface area contributed by atoms with Gasteiger partial charge < -0.3 is 18.9 Å². The lowest BCUT2D eigenvalue weighted by Crippen LogP contribution is -2.49. The van der Waals surface area contributed by atoms with Gasteiger partial charge in [0, 0.05) is 21.2 Å². The molecule has 0 aliphatic carbocycles. The van der Waals surface area contributed by atoms with Crippen LogP contribution in [0.15, 0.2) is 36.4 Å². The third kappa shape index (κ3) is 4.24. The largest absolute Gasteiger partial charge is 0.347 e. The van der Waals surface area contributed by atoms with Crippen LogP contribution in [0.5, 0.6) is 0 Å². The number of halogens is 4. The van der Waals surface area contributed by atoms with Crippen LogP contribution in [0.2, 0.25) is 20.1 Å². The van der Waals surface area contributed by atoms with Gasteiger partial charge in [-0.3, -0.25) is 0 Å². The predicted molar refractivity (Wildman–Crippen MR) is 105 cm³/mol. The van der Waals surface area contributed by atoms with Gasteiger partial charge >= 0.3 is 0 Å². The van der Waals surface area contributed by atoms with Crippen LogP contribution in [0.3, 0.4) is 0 Å². The van der Waals surface area contributed by atoms with E-state index >= 15 is 0 Å². The molecule has 144 valence electrons. The fourth-order valence-corrected chi connectivity index (χ4v) is 4.10. The molecule has 0 unspecified atom stereocenters. The summed E-state index contributed by atoms with van der Waals surface area (Å²) in [5.74, 6) is 0. The standard InChI is InChI=1S/C19H16Cl4O4/c20-11-1-3-13(15(22)5-11)17-24-7-19(8-25-17)9-26-18(27-10-19)14-4-2-12(21)6-16(14)23/h1-6,17-18H,7-10H2. The molecule has 2 aromatic rings. The van der Waals surface area contributed by atoms with Crippen LogP contribution < -0.4 is 0 Å². The fourth-order valence-electron chi connectivity index (χ4n) is 3.10. The van der Waals surface area contributed by atoms with E-state index in [1.807, 2.05) is 0 Å². The molecule has 4 nitrogen and oxygen atoms in total. The second-order valence-corrected chi connectivity index (χ2v) is 8.43. The molecule has 0 bridgehead atoms. The lowest BCUT2D eigenvalue weighted by atomic mass is 9.90. The summed E-state index contributed by atoms with van der Waals surface area (Å²) in [4.78, 5) is 0. The van der Waals surface area contributed by atoms with E-state index in [1.165, 1.54) is 0 Å². The van der Waals surface area contributed by atoms with Crippen molar-refractivity contribution in [2.45, 2.75) is 12.6 Å². The molecule has 0 N–H and O–H groups in total. The van der Waals surface area contributed by atoms with Gasteiger partial charge in [-0.05, 0) is 24.3 Å². The highest BCUT2D eigenvalue weighted by molar-refractivity contribution is 6.35. The third-order valence-electron chi connectivity index (χ3n) is 4.60. The van der Waals surface area contributed by atoms with Crippen molar-refractivity contribution in [1.82, 2.24) is 0 Å². The van der Waals surface area contributed by atoms with Crippen molar-refractivity contribution in [2.75, 3.05) is 26.4 Å². The van der Waals surface area contributed by atoms with E-state index in [2.05, 4.69) is 0 Å². The van der Waals surface area contributed by atoms with E-state index < -0.39 is 12.6 Å². The van der Waals surface area contributed by atoms with E-state index in [1.54, 1.807) is 36.4 Å². The highest BCUT2D eigenvalue weighted by Gasteiger charge is 2.43. The monoisotopic (exact) mass is 448 g/mol. The second-order valence-electron chi connectivity index (χ2n) is 6.74. The molecule has 0 saturated carbocycles. The molecule has 2 aromatic carbocycles. The first-order valence-corrected chi connectivity index (χ1v) is 9.83. The summed E-state index contributed by atoms with van der Waals surface area (Å²) in [7, 11) is 0. The zero-order chi connectivity index (χ0) is 19.0. The molecular weight excluding hydrogens is 434 g/mol. The SMILES string of the molecule is Clc1ccc(C2OCC3(CO2)COC(c2ccc(Cl)cc2Cl)OC3)c(Cl)c1. The van der Waals surface area contributed by atoms with Crippen molar-refractivity contribution in [3.63, 3.8) is 0 Å². The maximum Gasteiger partial charge on any atom is 0.185 e. The van der Waals surface area contributed by atoms with Crippen molar-refractivity contribution >= 4 is 46.4 Å². The lowest BCUT2D eigenvalue weighted by Gasteiger charge is -2.44. The summed E-state index contributed by atoms with van der Waals surface area (Å²) in [6.45, 7) is 1.71. The van der Waals surface area contributed by atoms with Crippen molar-refractivity contribution in [3.05, 3.63) is 67.6 Å². The summed E-state index contributed by atoms with van der Waals surface area (Å²) >= 11 is 24.4. The third-order valence-corrected chi connectivity index (χ3v) is 5.72. The zero-order valence-electron chi connectivity index (χ0n) is 14.1. The van der Waals surface area contributed by atoms with Gasteiger partial charge in [-0.15, -0.1) is 0 Å². The molecule has 0 radical (unpaired) electrons. The Morgan fingerprint density at radius 2 is 1.00 bits per heavy atom. The number of hydrogen-bond donors (Lipinski definition) is 0. The first-order valence-electron chi connectivity index (χ1n) is 8.32. The molecule has 2 saturated heterocycles. The van der Waals surface area contributed by atoms with Crippen LogP contribution in [0.25, 0.3) is 0 Å². The van der Waals surface area contributed by atoms with E-state index in [9.17, 15) is 0 Å². The molecule has 1 spiro atoms. The van der Waals surface area contributed by atoms with E-state index in [-0.39, 0.29) is 5.41 Å². The number of benzene rings is 2. The molecule has 2 aliphatic heterocycles. The van der Waals surface area contributed by atoms with Crippen molar-refractivity contribution < 1.29 is 18.9 Å². The molecule has 2 fully saturated rings. The zero-order valence-corrected chi connectivity index (χ0v) is 17.1. The first kappa shape index (κ1) is 19.7. The first-order chi connectivity index (χ1) is 13.0. The van der Waals surface area contributed by atoms with Crippen LogP contribution in [-0.2, 0) is 18.9 Å². The molecule has 0 aromatic heterocycles. The molecule has 8 heteroatoms. The Labute approximate surface area is 177 Å². The van der Waals surface area contributed by atoms with E-state index in [0.29, 0.717) is 46.5 Å². The molecule has 0 amide bonds. The smallest absolute Gasteiger partial charge is 0.185 e. The van der Waals surface area contributed by atoms with Crippen LogP contribution in [0.4, 0.5) is 0 Å². The van der Waals surface area contributed by atoms with Crippen molar-refractivity contribution in [2.24, 2.45) is 5.41 Å². The molecule has 2 heterocycles. The predicted octanol–water partition coefficient (Wildman–Crippen LogP) is 6.08. The summed E-state index contributed by atoms with van der Waals surface area (Å²) in [6, 6.07) is 10.5. The van der Waals surface area contributed by atoms with Crippen molar-refractivity contribution in [1.29, 1.82) is 0 Å². The Kier molecular flexibility index (Phi) is 5.89. The van der Waals surface area contributed by atoms with Crippen LogP contribution in [0.1, 0.15) is 23.7 Å². The summed E-state index contributed by atoms with van der Waals surface area (Å²) in [5.41, 5.74) is 1.13. The summed E-state index contributed by atoms with van der Waals surface area (Å²) < 4.78 is 23.6. The van der Waals surface area contributed by atoms with Gasteiger partial charge in [0.05, 0.1) is 41.9 Å². The minimum absolute atomic E-state index is 0.370. The number of hydrogen-bond acceptors (Lipinski definition) is 4. The maximum atomic E-state index is 6.24. The summed E-state index contributed by atoms with van der Waals surface area (Å²) in [5, 5.41) is 2.16. The summed E-state index contributed by atoms with van der Waals surface area (Å²) in [6.07, 6.45) is -1.08. The molecule has 2 aliphatic rings. The minimum atomic E-state index is -0.538. The normalized spacial score (nSPS) is 28.4. The Balaban J connectivity index is 1.38. The van der Waals surface area contributed by atoms with Gasteiger partial charge in [0.25, 0.3) is 0 Å². The van der Waals surface area contributed by atoms with E-state index in [0.717, 1.165) is 11.1 Å². The molecule has 27 heavy (non-hydrogen) atoms. The average Bonchev–Trinajstić information content (AvgIpc) is 2.64. The van der Waals surface area contributed by atoms with Gasteiger partial charge in [0.2, 0.25) is 0 Å². The van der Waals surface area contributed by atoms with Crippen molar-refractivity contribution in [3.8, 4) is 0 Å². The Hall–Kier alpha value is -0.560. The van der Waals surface area contributed by atoms with Gasteiger partial charge in [-0.2, -0.15) is 0 Å². The Morgan fingerprint density at radius 3 is 1.33 bits per heavy atom. The molecule has 4 rings (SSSR count). The van der Waals surface area contributed by atoms with Crippen LogP contribution in [0, 0.1) is 5.41 Å². The van der Waals surface area contributed by atoms with Gasteiger partial charge in [0.15, 0.2) is 12.6 Å². The average molecular weight is 450 g/mol. The molecular formula is C19H16Cl4O4. The van der Waals surface area contributed by atoms with Crippen LogP contribution in [-0.4, -0.2) is 26.4 Å². The lowest BCUT2D eigenvalue weighted by molar-refractivity contribution is -0.307. The highest BCUT2D eigenvalue weighted by atomic mass is 35.5. The number of ether oxygens (including phenoxy) is 4. The highest BCUT2D eigenvalue weighted by Crippen LogP contribution is 2.41. The van der Waals surface area contributed by atoms with E-state index in [4.69, 9.17) is 65.4 Å². The van der Waals surface area contributed by atoms with Gasteiger partial charge in [-0.1, -0.05) is 58.5 Å².